The molecule has 6 heteroatoms. The summed E-state index contributed by atoms with van der Waals surface area (Å²) in [6.07, 6.45) is 6.36. The summed E-state index contributed by atoms with van der Waals surface area (Å²) in [6, 6.07) is 6.93. The van der Waals surface area contributed by atoms with E-state index in [2.05, 4.69) is 45.0 Å². The van der Waals surface area contributed by atoms with Crippen molar-refractivity contribution in [2.75, 3.05) is 18.4 Å². The molecule has 0 bridgehead atoms. The van der Waals surface area contributed by atoms with Crippen LogP contribution in [0.25, 0.3) is 11.3 Å². The zero-order valence-electron chi connectivity index (χ0n) is 14.4. The average Bonchev–Trinajstić information content (AvgIpc) is 3.02. The van der Waals surface area contributed by atoms with Gasteiger partial charge in [0, 0.05) is 29.9 Å². The van der Waals surface area contributed by atoms with E-state index in [0.717, 1.165) is 43.6 Å². The van der Waals surface area contributed by atoms with Crippen LogP contribution < -0.4 is 16.0 Å². The van der Waals surface area contributed by atoms with Gasteiger partial charge in [-0.2, -0.15) is 0 Å². The Balaban J connectivity index is 1.46. The monoisotopic (exact) mass is 337 g/mol. The molecule has 0 aliphatic carbocycles. The predicted octanol–water partition coefficient (Wildman–Crippen LogP) is 1.98. The van der Waals surface area contributed by atoms with Crippen LogP contribution in [0.3, 0.4) is 0 Å². The van der Waals surface area contributed by atoms with E-state index >= 15 is 0 Å². The Morgan fingerprint density at radius 2 is 2.20 bits per heavy atom. The van der Waals surface area contributed by atoms with E-state index in [1.165, 1.54) is 11.3 Å². The third-order valence-electron chi connectivity index (χ3n) is 4.85. The van der Waals surface area contributed by atoms with E-state index in [0.29, 0.717) is 11.7 Å². The lowest BCUT2D eigenvalue weighted by Crippen LogP contribution is -2.45. The quantitative estimate of drug-likeness (QED) is 0.798. The standard InChI is InChI=1S/C19H23N5O/c1-12-7-14-8-13(4-5-16(14)23-12)17-10-22-18(11-21-17)19(25)24-15-3-2-6-20-9-15/h4-5,8,10-12,15,20,23H,2-3,6-7,9H2,1H3,(H,24,25)/t12-,15?/m0/s1. The number of hydrogen-bond acceptors (Lipinski definition) is 5. The highest BCUT2D eigenvalue weighted by molar-refractivity contribution is 5.92. The van der Waals surface area contributed by atoms with Gasteiger partial charge in [-0.15, -0.1) is 0 Å². The maximum absolute atomic E-state index is 12.3. The third-order valence-corrected chi connectivity index (χ3v) is 4.85. The number of benzene rings is 1. The Morgan fingerprint density at radius 3 is 2.96 bits per heavy atom. The summed E-state index contributed by atoms with van der Waals surface area (Å²) in [5, 5.41) is 9.76. The van der Waals surface area contributed by atoms with Crippen molar-refractivity contribution in [2.24, 2.45) is 0 Å². The summed E-state index contributed by atoms with van der Waals surface area (Å²) in [4.78, 5) is 21.1. The second-order valence-corrected chi connectivity index (χ2v) is 6.93. The van der Waals surface area contributed by atoms with Crippen LogP contribution in [0.4, 0.5) is 5.69 Å². The molecule has 0 saturated carbocycles. The minimum atomic E-state index is -0.153. The lowest BCUT2D eigenvalue weighted by molar-refractivity contribution is 0.0925. The molecule has 130 valence electrons. The molecular formula is C19H23N5O. The van der Waals surface area contributed by atoms with Crippen molar-refractivity contribution in [3.8, 4) is 11.3 Å². The lowest BCUT2D eigenvalue weighted by atomic mass is 10.1. The molecular weight excluding hydrogens is 314 g/mol. The lowest BCUT2D eigenvalue weighted by Gasteiger charge is -2.23. The highest BCUT2D eigenvalue weighted by atomic mass is 16.1. The molecule has 1 amide bonds. The maximum atomic E-state index is 12.3. The maximum Gasteiger partial charge on any atom is 0.271 e. The van der Waals surface area contributed by atoms with Crippen LogP contribution in [0.15, 0.2) is 30.6 Å². The highest BCUT2D eigenvalue weighted by Gasteiger charge is 2.19. The Morgan fingerprint density at radius 1 is 1.28 bits per heavy atom. The van der Waals surface area contributed by atoms with Gasteiger partial charge in [0.05, 0.1) is 18.1 Å². The van der Waals surface area contributed by atoms with Gasteiger partial charge in [0.2, 0.25) is 0 Å². The number of hydrogen-bond donors (Lipinski definition) is 3. The Bertz CT molecular complexity index is 768. The summed E-state index contributed by atoms with van der Waals surface area (Å²) >= 11 is 0. The topological polar surface area (TPSA) is 78.9 Å². The molecule has 2 aliphatic rings. The molecule has 1 aromatic heterocycles. The van der Waals surface area contributed by atoms with Crippen LogP contribution >= 0.6 is 0 Å². The minimum Gasteiger partial charge on any atom is -0.382 e. The second kappa shape index (κ2) is 6.80. The first-order valence-corrected chi connectivity index (χ1v) is 8.92. The van der Waals surface area contributed by atoms with Crippen LogP contribution in [0.5, 0.6) is 0 Å². The van der Waals surface area contributed by atoms with Crippen LogP contribution in [0.2, 0.25) is 0 Å². The number of fused-ring (bicyclic) bond motifs is 1. The van der Waals surface area contributed by atoms with Crippen LogP contribution in [-0.4, -0.2) is 41.0 Å². The molecule has 1 fully saturated rings. The third kappa shape index (κ3) is 3.49. The molecule has 0 radical (unpaired) electrons. The number of nitrogens with zero attached hydrogens (tertiary/aromatic N) is 2. The fourth-order valence-corrected chi connectivity index (χ4v) is 3.54. The van der Waals surface area contributed by atoms with Gasteiger partial charge in [-0.25, -0.2) is 4.98 Å². The Labute approximate surface area is 147 Å². The van der Waals surface area contributed by atoms with Crippen molar-refractivity contribution in [3.05, 3.63) is 41.9 Å². The van der Waals surface area contributed by atoms with Crippen molar-refractivity contribution in [1.29, 1.82) is 0 Å². The van der Waals surface area contributed by atoms with Crippen LogP contribution in [0.1, 0.15) is 35.8 Å². The van der Waals surface area contributed by atoms with Crippen molar-refractivity contribution >= 4 is 11.6 Å². The van der Waals surface area contributed by atoms with Crippen molar-refractivity contribution < 1.29 is 4.79 Å². The molecule has 2 aromatic rings. The van der Waals surface area contributed by atoms with Crippen molar-refractivity contribution in [3.63, 3.8) is 0 Å². The molecule has 25 heavy (non-hydrogen) atoms. The van der Waals surface area contributed by atoms with Crippen molar-refractivity contribution in [2.45, 2.75) is 38.3 Å². The molecule has 0 spiro atoms. The van der Waals surface area contributed by atoms with Crippen molar-refractivity contribution in [1.82, 2.24) is 20.6 Å². The average molecular weight is 337 g/mol. The van der Waals surface area contributed by atoms with E-state index in [-0.39, 0.29) is 11.9 Å². The number of amides is 1. The minimum absolute atomic E-state index is 0.153. The van der Waals surface area contributed by atoms with Gasteiger partial charge in [0.25, 0.3) is 5.91 Å². The SMILES string of the molecule is C[C@H]1Cc2cc(-c3cnc(C(=O)NC4CCCNC4)cn3)ccc2N1. The van der Waals surface area contributed by atoms with Gasteiger partial charge in [0.1, 0.15) is 5.69 Å². The summed E-state index contributed by atoms with van der Waals surface area (Å²) in [5.74, 6) is -0.153. The van der Waals surface area contributed by atoms with Crippen LogP contribution in [-0.2, 0) is 6.42 Å². The van der Waals surface area contributed by atoms with E-state index in [9.17, 15) is 4.79 Å². The van der Waals surface area contributed by atoms with Gasteiger partial charge in [-0.3, -0.25) is 9.78 Å². The first kappa shape index (κ1) is 16.0. The van der Waals surface area contributed by atoms with E-state index in [1.807, 2.05) is 6.07 Å². The Hall–Kier alpha value is -2.47. The van der Waals surface area contributed by atoms with Gasteiger partial charge in [0.15, 0.2) is 0 Å². The van der Waals surface area contributed by atoms with E-state index in [4.69, 9.17) is 0 Å². The fraction of sp³-hybridized carbons (Fsp3) is 0.421. The summed E-state index contributed by atoms with van der Waals surface area (Å²) in [6.45, 7) is 4.02. The normalized spacial score (nSPS) is 22.1. The molecule has 1 unspecified atom stereocenters. The van der Waals surface area contributed by atoms with Crippen LogP contribution in [0, 0.1) is 0 Å². The molecule has 6 nitrogen and oxygen atoms in total. The number of aromatic nitrogens is 2. The highest BCUT2D eigenvalue weighted by Crippen LogP contribution is 2.29. The molecule has 1 aromatic carbocycles. The van der Waals surface area contributed by atoms with E-state index < -0.39 is 0 Å². The molecule has 4 rings (SSSR count). The van der Waals surface area contributed by atoms with Gasteiger partial charge < -0.3 is 16.0 Å². The number of rotatable bonds is 3. The molecule has 2 atom stereocenters. The number of anilines is 1. The number of piperidine rings is 1. The van der Waals surface area contributed by atoms with E-state index in [1.54, 1.807) is 12.4 Å². The zero-order valence-corrected chi connectivity index (χ0v) is 14.4. The predicted molar refractivity (Wildman–Crippen MR) is 97.6 cm³/mol. The molecule has 1 saturated heterocycles. The summed E-state index contributed by atoms with van der Waals surface area (Å²) < 4.78 is 0. The van der Waals surface area contributed by atoms with Gasteiger partial charge in [-0.05, 0) is 50.4 Å². The molecule has 3 heterocycles. The first-order chi connectivity index (χ1) is 12.2. The summed E-state index contributed by atoms with van der Waals surface area (Å²) in [7, 11) is 0. The molecule has 3 N–H and O–H groups in total. The number of carbonyl (C=O) groups excluding carboxylic acids is 1. The van der Waals surface area contributed by atoms with Gasteiger partial charge >= 0.3 is 0 Å². The van der Waals surface area contributed by atoms with Gasteiger partial charge in [-0.1, -0.05) is 6.07 Å². The molecule has 2 aliphatic heterocycles. The largest absolute Gasteiger partial charge is 0.382 e. The number of nitrogens with one attached hydrogen (secondary N) is 3. The zero-order chi connectivity index (χ0) is 17.2. The Kier molecular flexibility index (Phi) is 4.36. The second-order valence-electron chi connectivity index (χ2n) is 6.93. The fourth-order valence-electron chi connectivity index (χ4n) is 3.54. The number of carbonyl (C=O) groups is 1. The first-order valence-electron chi connectivity index (χ1n) is 8.92. The summed E-state index contributed by atoms with van der Waals surface area (Å²) in [5.41, 5.74) is 4.69. The smallest absolute Gasteiger partial charge is 0.271 e.